The highest BCUT2D eigenvalue weighted by Crippen LogP contribution is 2.29. The maximum atomic E-state index is 9.93. The van der Waals surface area contributed by atoms with Gasteiger partial charge >= 0.3 is 23.1 Å². The molecule has 0 spiro atoms. The van der Waals surface area contributed by atoms with Gasteiger partial charge in [0.05, 0.1) is 32.0 Å². The van der Waals surface area contributed by atoms with Gasteiger partial charge in [0.15, 0.2) is 0 Å². The molecule has 1 aliphatic rings. The van der Waals surface area contributed by atoms with Gasteiger partial charge in [0.1, 0.15) is 17.8 Å². The second-order valence-electron chi connectivity index (χ2n) is 4.73. The minimum Gasteiger partial charge on any atom is -0.395 e. The molecule has 0 unspecified atom stereocenters. The fraction of sp³-hybridized carbons (Fsp3) is 1.00. The van der Waals surface area contributed by atoms with Crippen LogP contribution in [0.4, 0.5) is 0 Å². The molecule has 1 saturated carbocycles. The summed E-state index contributed by atoms with van der Waals surface area (Å²) in [7, 11) is 0. The molecule has 1 rings (SSSR count). The highest BCUT2D eigenvalue weighted by molar-refractivity contribution is 5.75. The molecule has 9 heteroatoms. The van der Waals surface area contributed by atoms with E-state index in [1.807, 2.05) is 0 Å². The van der Waals surface area contributed by atoms with E-state index in [0.717, 1.165) is 0 Å². The van der Waals surface area contributed by atoms with Crippen molar-refractivity contribution in [3.05, 3.63) is 0 Å². The van der Waals surface area contributed by atoms with Crippen LogP contribution in [0.1, 0.15) is 6.42 Å². The van der Waals surface area contributed by atoms with E-state index in [0.29, 0.717) is 0 Å². The molecule has 5 atom stereocenters. The van der Waals surface area contributed by atoms with E-state index < -0.39 is 55.8 Å². The average Bonchev–Trinajstić information content (AvgIpc) is 2.39. The topological polar surface area (TPSA) is 154 Å². The zero-order valence-corrected chi connectivity index (χ0v) is 9.85. The third-order valence-electron chi connectivity index (χ3n) is 3.37. The smallest absolute Gasteiger partial charge is 0.316 e. The first-order chi connectivity index (χ1) is 8.39. The molecule has 0 aromatic heterocycles. The fourth-order valence-electron chi connectivity index (χ4n) is 2.15. The lowest BCUT2D eigenvalue weighted by Gasteiger charge is -2.46. The van der Waals surface area contributed by atoms with Crippen molar-refractivity contribution in [2.75, 3.05) is 19.8 Å². The zero-order chi connectivity index (χ0) is 13.9. The SMILES string of the molecule is OCC(CO)N[C@H]1C[C@](O)(CO)[C@@H](O)[C@H](O)[C@H]1O.[MgH2]. The van der Waals surface area contributed by atoms with Crippen LogP contribution in [0, 0.1) is 0 Å². The second kappa shape index (κ2) is 8.03. The van der Waals surface area contributed by atoms with Gasteiger partial charge in [0, 0.05) is 6.04 Å². The van der Waals surface area contributed by atoms with Gasteiger partial charge < -0.3 is 41.1 Å². The summed E-state index contributed by atoms with van der Waals surface area (Å²) in [5.74, 6) is 0. The van der Waals surface area contributed by atoms with Crippen molar-refractivity contribution in [3.63, 3.8) is 0 Å². The summed E-state index contributed by atoms with van der Waals surface area (Å²) in [4.78, 5) is 0. The van der Waals surface area contributed by atoms with Crippen LogP contribution in [0.15, 0.2) is 0 Å². The van der Waals surface area contributed by atoms with E-state index in [4.69, 9.17) is 15.3 Å². The van der Waals surface area contributed by atoms with Crippen LogP contribution in [0.25, 0.3) is 0 Å². The molecule has 0 aromatic carbocycles. The Labute approximate surface area is 126 Å². The van der Waals surface area contributed by atoms with E-state index in [1.54, 1.807) is 0 Å². The van der Waals surface area contributed by atoms with E-state index >= 15 is 0 Å². The van der Waals surface area contributed by atoms with Gasteiger partial charge in [-0.2, -0.15) is 0 Å². The molecule has 0 aliphatic heterocycles. The predicted molar refractivity (Wildman–Crippen MR) is 68.1 cm³/mol. The number of nitrogens with one attached hydrogen (secondary N) is 1. The average molecular weight is 294 g/mol. The van der Waals surface area contributed by atoms with Crippen molar-refractivity contribution < 1.29 is 35.7 Å². The number of hydrogen-bond acceptors (Lipinski definition) is 8. The van der Waals surface area contributed by atoms with E-state index in [1.165, 1.54) is 0 Å². The number of aliphatic hydroxyl groups excluding tert-OH is 6. The maximum absolute atomic E-state index is 9.93. The van der Waals surface area contributed by atoms with Crippen molar-refractivity contribution in [2.24, 2.45) is 0 Å². The number of hydrogen-bond donors (Lipinski definition) is 8. The van der Waals surface area contributed by atoms with E-state index in [9.17, 15) is 20.4 Å². The van der Waals surface area contributed by atoms with Crippen LogP contribution in [0.5, 0.6) is 0 Å². The van der Waals surface area contributed by atoms with Crippen molar-refractivity contribution in [2.45, 2.75) is 42.4 Å². The monoisotopic (exact) mass is 293 g/mol. The Morgan fingerprint density at radius 3 is 2.00 bits per heavy atom. The normalized spacial score (nSPS) is 39.2. The molecular formula is C10H23MgNO7. The standard InChI is InChI=1S/C10H21NO7.Mg.2H/c12-2-5(3-13)11-6-1-10(18,4-14)9(17)8(16)7(6)15;;;/h5-9,11-18H,1-4H2;;;/t6-,7-,8+,9-,10-;;;/m0.../s1. The third kappa shape index (κ3) is 4.20. The molecule has 0 saturated heterocycles. The molecule has 0 aromatic rings. The predicted octanol–water partition coefficient (Wildman–Crippen LogP) is -5.41. The lowest BCUT2D eigenvalue weighted by molar-refractivity contribution is -0.207. The van der Waals surface area contributed by atoms with Gasteiger partial charge in [-0.3, -0.25) is 0 Å². The Kier molecular flexibility index (Phi) is 8.22. The van der Waals surface area contributed by atoms with Crippen LogP contribution in [0.3, 0.4) is 0 Å². The van der Waals surface area contributed by atoms with Crippen LogP contribution in [0.2, 0.25) is 0 Å². The molecule has 1 aliphatic carbocycles. The quantitative estimate of drug-likeness (QED) is 0.234. The first-order valence-electron chi connectivity index (χ1n) is 5.74. The van der Waals surface area contributed by atoms with E-state index in [-0.39, 0.29) is 29.5 Å². The number of rotatable bonds is 5. The Hall–Kier alpha value is 0.446. The lowest BCUT2D eigenvalue weighted by atomic mass is 9.76. The van der Waals surface area contributed by atoms with Gasteiger partial charge in [-0.15, -0.1) is 0 Å². The van der Waals surface area contributed by atoms with Crippen molar-refractivity contribution in [1.29, 1.82) is 0 Å². The summed E-state index contributed by atoms with van der Waals surface area (Å²) in [6, 6.07) is -1.60. The van der Waals surface area contributed by atoms with Crippen LogP contribution < -0.4 is 5.32 Å². The van der Waals surface area contributed by atoms with Gasteiger partial charge in [-0.1, -0.05) is 0 Å². The molecular weight excluding hydrogens is 270 g/mol. The zero-order valence-electron chi connectivity index (χ0n) is 9.85. The Morgan fingerprint density at radius 2 is 1.58 bits per heavy atom. The molecule has 8 nitrogen and oxygen atoms in total. The summed E-state index contributed by atoms with van der Waals surface area (Å²) in [5.41, 5.74) is -1.94. The van der Waals surface area contributed by atoms with Crippen molar-refractivity contribution >= 4 is 23.1 Å². The lowest BCUT2D eigenvalue weighted by Crippen LogP contribution is -2.68. The molecule has 1 fully saturated rings. The highest BCUT2D eigenvalue weighted by atomic mass is 24.3. The summed E-state index contributed by atoms with van der Waals surface area (Å²) < 4.78 is 0. The second-order valence-corrected chi connectivity index (χ2v) is 4.73. The fourth-order valence-corrected chi connectivity index (χ4v) is 2.15. The van der Waals surface area contributed by atoms with Crippen molar-refractivity contribution in [1.82, 2.24) is 5.32 Å². The molecule has 8 N–H and O–H groups in total. The first-order valence-corrected chi connectivity index (χ1v) is 5.74. The minimum absolute atomic E-state index is 0. The third-order valence-corrected chi connectivity index (χ3v) is 3.37. The molecule has 0 amide bonds. The largest absolute Gasteiger partial charge is 0.395 e. The van der Waals surface area contributed by atoms with Crippen LogP contribution >= 0.6 is 0 Å². The van der Waals surface area contributed by atoms with Gasteiger partial charge in [-0.25, -0.2) is 0 Å². The van der Waals surface area contributed by atoms with Crippen LogP contribution in [-0.2, 0) is 0 Å². The summed E-state index contributed by atoms with van der Waals surface area (Å²) in [6.45, 7) is -1.56. The Morgan fingerprint density at radius 1 is 1.05 bits per heavy atom. The summed E-state index contributed by atoms with van der Waals surface area (Å²) in [5, 5.41) is 68.4. The molecule has 112 valence electrons. The van der Waals surface area contributed by atoms with Gasteiger partial charge in [0.2, 0.25) is 0 Å². The van der Waals surface area contributed by atoms with Crippen molar-refractivity contribution in [3.8, 4) is 0 Å². The molecule has 19 heavy (non-hydrogen) atoms. The van der Waals surface area contributed by atoms with Gasteiger partial charge in [-0.05, 0) is 6.42 Å². The molecule has 0 bridgehead atoms. The van der Waals surface area contributed by atoms with Crippen LogP contribution in [-0.4, -0.2) is 115 Å². The Balaban J connectivity index is 0.00000324. The minimum atomic E-state index is -1.94. The van der Waals surface area contributed by atoms with Gasteiger partial charge in [0.25, 0.3) is 0 Å². The first kappa shape index (κ1) is 19.4. The summed E-state index contributed by atoms with van der Waals surface area (Å²) in [6.07, 6.45) is -4.91. The maximum Gasteiger partial charge on any atom is 0.316 e. The highest BCUT2D eigenvalue weighted by Gasteiger charge is 2.51. The molecule has 0 radical (unpaired) electrons. The summed E-state index contributed by atoms with van der Waals surface area (Å²) >= 11 is 0. The molecule has 0 heterocycles. The van der Waals surface area contributed by atoms with E-state index in [2.05, 4.69) is 5.32 Å². The Bertz CT molecular complexity index is 268. The number of aliphatic hydroxyl groups is 7.